The zero-order valence-electron chi connectivity index (χ0n) is 11.6. The summed E-state index contributed by atoms with van der Waals surface area (Å²) in [7, 11) is 0. The van der Waals surface area contributed by atoms with E-state index in [9.17, 15) is 4.79 Å². The minimum atomic E-state index is 0.0167. The molecule has 4 rings (SSSR count). The number of carbonyl (C=O) groups excluding carboxylic acids is 1. The van der Waals surface area contributed by atoms with Gasteiger partial charge in [-0.15, -0.1) is 23.1 Å². The molecule has 0 radical (unpaired) electrons. The van der Waals surface area contributed by atoms with Gasteiger partial charge in [-0.3, -0.25) is 4.79 Å². The number of hydrogen-bond donors (Lipinski definition) is 1. The first kappa shape index (κ1) is 13.6. The summed E-state index contributed by atoms with van der Waals surface area (Å²) in [6.45, 7) is 0. The fourth-order valence-electron chi connectivity index (χ4n) is 2.54. The fourth-order valence-corrected chi connectivity index (χ4v) is 4.61. The van der Waals surface area contributed by atoms with Crippen molar-refractivity contribution < 1.29 is 4.79 Å². The normalized spacial score (nSPS) is 17.6. The minimum Gasteiger partial charge on any atom is -0.310 e. The molecule has 3 aromatic rings. The number of carbonyl (C=O) groups is 1. The van der Waals surface area contributed by atoms with E-state index in [2.05, 4.69) is 21.9 Å². The van der Waals surface area contributed by atoms with Gasteiger partial charge in [-0.1, -0.05) is 24.3 Å². The highest BCUT2D eigenvalue weighted by atomic mass is 32.2. The molecule has 1 aliphatic heterocycles. The molecule has 1 atom stereocenters. The Morgan fingerprint density at radius 2 is 2.05 bits per heavy atom. The summed E-state index contributed by atoms with van der Waals surface area (Å²) in [6, 6.07) is 14.0. The highest BCUT2D eigenvalue weighted by molar-refractivity contribution is 8.00. The summed E-state index contributed by atoms with van der Waals surface area (Å²) in [5, 5.41) is 9.72. The summed E-state index contributed by atoms with van der Waals surface area (Å²) >= 11 is 3.36. The Kier molecular flexibility index (Phi) is 3.48. The summed E-state index contributed by atoms with van der Waals surface area (Å²) in [4.78, 5) is 13.3. The number of benzene rings is 1. The van der Waals surface area contributed by atoms with Crippen molar-refractivity contribution in [2.75, 3.05) is 11.1 Å². The van der Waals surface area contributed by atoms with Crippen LogP contribution < -0.4 is 5.32 Å². The fraction of sp³-hybridized carbons (Fsp3) is 0.125. The van der Waals surface area contributed by atoms with Crippen molar-refractivity contribution in [3.8, 4) is 5.69 Å². The molecule has 0 aliphatic carbocycles. The molecule has 0 spiro atoms. The van der Waals surface area contributed by atoms with E-state index in [0.29, 0.717) is 5.75 Å². The van der Waals surface area contributed by atoms with Crippen LogP contribution in [0.1, 0.15) is 15.7 Å². The third-order valence-corrected chi connectivity index (χ3v) is 5.88. The van der Waals surface area contributed by atoms with Gasteiger partial charge in [0.1, 0.15) is 5.82 Å². The first-order valence-electron chi connectivity index (χ1n) is 6.91. The van der Waals surface area contributed by atoms with E-state index in [-0.39, 0.29) is 11.2 Å². The number of aromatic nitrogens is 2. The van der Waals surface area contributed by atoms with E-state index >= 15 is 0 Å². The molecule has 110 valence electrons. The molecule has 3 heterocycles. The van der Waals surface area contributed by atoms with E-state index in [0.717, 1.165) is 17.1 Å². The Hall–Kier alpha value is -2.05. The zero-order valence-corrected chi connectivity index (χ0v) is 13.2. The standard InChI is InChI=1S/C16H13N3OS2/c20-14-10-22-15(13-7-4-8-21-13)12-9-17-19(16(12)18-14)11-5-2-1-3-6-11/h1-9,15H,10H2,(H,18,20). The number of amides is 1. The Bertz CT molecular complexity index is 796. The second-order valence-corrected chi connectivity index (χ2v) is 7.02. The maximum absolute atomic E-state index is 12.1. The van der Waals surface area contributed by atoms with Gasteiger partial charge >= 0.3 is 0 Å². The van der Waals surface area contributed by atoms with Crippen LogP contribution in [0.4, 0.5) is 5.82 Å². The summed E-state index contributed by atoms with van der Waals surface area (Å²) in [6.07, 6.45) is 1.87. The van der Waals surface area contributed by atoms with E-state index in [1.807, 2.05) is 42.6 Å². The molecule has 4 nitrogen and oxygen atoms in total. The van der Waals surface area contributed by atoms with Gasteiger partial charge < -0.3 is 5.32 Å². The quantitative estimate of drug-likeness (QED) is 0.780. The number of fused-ring (bicyclic) bond motifs is 1. The van der Waals surface area contributed by atoms with Crippen LogP contribution in [-0.4, -0.2) is 21.4 Å². The Balaban J connectivity index is 1.85. The molecule has 1 aliphatic rings. The summed E-state index contributed by atoms with van der Waals surface area (Å²) in [5.41, 5.74) is 2.00. The highest BCUT2D eigenvalue weighted by Gasteiger charge is 2.28. The number of nitrogens with one attached hydrogen (secondary N) is 1. The van der Waals surface area contributed by atoms with E-state index in [1.165, 1.54) is 4.88 Å². The van der Waals surface area contributed by atoms with Crippen LogP contribution in [0.3, 0.4) is 0 Å². The van der Waals surface area contributed by atoms with Crippen molar-refractivity contribution in [2.24, 2.45) is 0 Å². The smallest absolute Gasteiger partial charge is 0.235 e. The van der Waals surface area contributed by atoms with E-state index < -0.39 is 0 Å². The molecule has 22 heavy (non-hydrogen) atoms. The van der Waals surface area contributed by atoms with Crippen molar-refractivity contribution in [3.63, 3.8) is 0 Å². The maximum Gasteiger partial charge on any atom is 0.235 e. The number of thiophene rings is 1. The number of thioether (sulfide) groups is 1. The van der Waals surface area contributed by atoms with Crippen LogP contribution in [0.5, 0.6) is 0 Å². The molecule has 1 aromatic carbocycles. The average Bonchev–Trinajstić information content (AvgIpc) is 3.17. The SMILES string of the molecule is O=C1CSC(c2cccs2)c2cnn(-c3ccccc3)c2N1. The third-order valence-electron chi connectivity index (χ3n) is 3.52. The summed E-state index contributed by atoms with van der Waals surface area (Å²) in [5.74, 6) is 1.24. The largest absolute Gasteiger partial charge is 0.310 e. The lowest BCUT2D eigenvalue weighted by atomic mass is 10.2. The van der Waals surface area contributed by atoms with Crippen molar-refractivity contribution in [1.82, 2.24) is 9.78 Å². The molecule has 0 fully saturated rings. The van der Waals surface area contributed by atoms with Crippen LogP contribution in [0.15, 0.2) is 54.0 Å². The van der Waals surface area contributed by atoms with Gasteiger partial charge in [0.15, 0.2) is 0 Å². The molecule has 0 bridgehead atoms. The Morgan fingerprint density at radius 3 is 2.82 bits per heavy atom. The predicted molar refractivity (Wildman–Crippen MR) is 90.8 cm³/mol. The monoisotopic (exact) mass is 327 g/mol. The maximum atomic E-state index is 12.1. The van der Waals surface area contributed by atoms with Crippen molar-refractivity contribution >= 4 is 34.8 Å². The molecule has 0 saturated heterocycles. The van der Waals surface area contributed by atoms with Crippen LogP contribution in [-0.2, 0) is 4.79 Å². The molecular weight excluding hydrogens is 314 g/mol. The number of nitrogens with zero attached hydrogens (tertiary/aromatic N) is 2. The summed E-state index contributed by atoms with van der Waals surface area (Å²) < 4.78 is 1.81. The number of hydrogen-bond acceptors (Lipinski definition) is 4. The van der Waals surface area contributed by atoms with E-state index in [1.54, 1.807) is 27.8 Å². The lowest BCUT2D eigenvalue weighted by molar-refractivity contribution is -0.113. The number of rotatable bonds is 2. The van der Waals surface area contributed by atoms with Crippen LogP contribution >= 0.6 is 23.1 Å². The lowest BCUT2D eigenvalue weighted by Gasteiger charge is -2.12. The Morgan fingerprint density at radius 1 is 1.18 bits per heavy atom. The molecule has 0 saturated carbocycles. The van der Waals surface area contributed by atoms with Gasteiger partial charge in [-0.25, -0.2) is 4.68 Å². The first-order valence-corrected chi connectivity index (χ1v) is 8.84. The van der Waals surface area contributed by atoms with Crippen LogP contribution in [0.2, 0.25) is 0 Å². The van der Waals surface area contributed by atoms with Gasteiger partial charge in [-0.05, 0) is 23.6 Å². The minimum absolute atomic E-state index is 0.0167. The van der Waals surface area contributed by atoms with Gasteiger partial charge in [-0.2, -0.15) is 5.10 Å². The second kappa shape index (κ2) is 5.62. The van der Waals surface area contributed by atoms with Crippen molar-refractivity contribution in [2.45, 2.75) is 5.25 Å². The van der Waals surface area contributed by atoms with Crippen molar-refractivity contribution in [1.29, 1.82) is 0 Å². The zero-order chi connectivity index (χ0) is 14.9. The molecule has 1 unspecified atom stereocenters. The van der Waals surface area contributed by atoms with Crippen LogP contribution in [0.25, 0.3) is 5.69 Å². The topological polar surface area (TPSA) is 46.9 Å². The lowest BCUT2D eigenvalue weighted by Crippen LogP contribution is -2.15. The van der Waals surface area contributed by atoms with Gasteiger partial charge in [0, 0.05) is 10.4 Å². The molecule has 1 amide bonds. The molecule has 2 aromatic heterocycles. The highest BCUT2D eigenvalue weighted by Crippen LogP contribution is 2.43. The Labute approximate surface area is 136 Å². The molecular formula is C16H13N3OS2. The van der Waals surface area contributed by atoms with Gasteiger partial charge in [0.05, 0.1) is 22.9 Å². The van der Waals surface area contributed by atoms with Crippen molar-refractivity contribution in [3.05, 3.63) is 64.5 Å². The van der Waals surface area contributed by atoms with Gasteiger partial charge in [0.25, 0.3) is 0 Å². The number of anilines is 1. The number of para-hydroxylation sites is 1. The van der Waals surface area contributed by atoms with Crippen LogP contribution in [0, 0.1) is 0 Å². The average molecular weight is 327 g/mol. The van der Waals surface area contributed by atoms with Gasteiger partial charge in [0.2, 0.25) is 5.91 Å². The third kappa shape index (κ3) is 2.34. The van der Waals surface area contributed by atoms with E-state index in [4.69, 9.17) is 0 Å². The first-order chi connectivity index (χ1) is 10.8. The predicted octanol–water partition coefficient (Wildman–Crippen LogP) is 3.71. The second-order valence-electron chi connectivity index (χ2n) is 4.95. The molecule has 6 heteroatoms. The molecule has 1 N–H and O–H groups in total.